The number of halogens is 2. The minimum Gasteiger partial charge on any atom is -0.383 e. The van der Waals surface area contributed by atoms with E-state index >= 15 is 0 Å². The molecular weight excluding hydrogens is 319 g/mol. The molecule has 1 aromatic heterocycles. The van der Waals surface area contributed by atoms with Gasteiger partial charge in [0.1, 0.15) is 22.9 Å². The molecule has 0 bridgehead atoms. The monoisotopic (exact) mass is 330 g/mol. The molecule has 0 saturated heterocycles. The van der Waals surface area contributed by atoms with E-state index in [1.807, 2.05) is 0 Å². The number of hydrogen-bond acceptors (Lipinski definition) is 3. The van der Waals surface area contributed by atoms with Gasteiger partial charge in [-0.2, -0.15) is 5.10 Å². The third-order valence-corrected chi connectivity index (χ3v) is 3.49. The second-order valence-corrected chi connectivity index (χ2v) is 5.20. The molecule has 0 radical (unpaired) electrons. The van der Waals surface area contributed by atoms with E-state index in [-0.39, 0.29) is 17.1 Å². The van der Waals surface area contributed by atoms with Crippen LogP contribution in [-0.4, -0.2) is 15.7 Å². The predicted molar refractivity (Wildman–Crippen MR) is 87.3 cm³/mol. The van der Waals surface area contributed by atoms with Crippen LogP contribution < -0.4 is 11.1 Å². The molecule has 0 aliphatic carbocycles. The average Bonchev–Trinajstić information content (AvgIpc) is 2.92. The van der Waals surface area contributed by atoms with Crippen LogP contribution in [0.5, 0.6) is 0 Å². The molecule has 0 unspecified atom stereocenters. The first kappa shape index (κ1) is 15.1. The number of anilines is 2. The van der Waals surface area contributed by atoms with Crippen molar-refractivity contribution in [3.63, 3.8) is 0 Å². The van der Waals surface area contributed by atoms with E-state index < -0.39 is 11.7 Å². The highest BCUT2D eigenvalue weighted by atomic mass is 35.5. The van der Waals surface area contributed by atoms with Crippen LogP contribution in [0.3, 0.4) is 0 Å². The Hall–Kier alpha value is -2.86. The fraction of sp³-hybridized carbons (Fsp3) is 0. The summed E-state index contributed by atoms with van der Waals surface area (Å²) in [5.41, 5.74) is 6.83. The molecular formula is C16H12ClFN4O. The number of rotatable bonds is 3. The molecule has 0 atom stereocenters. The van der Waals surface area contributed by atoms with Gasteiger partial charge < -0.3 is 11.1 Å². The largest absolute Gasteiger partial charge is 0.383 e. The zero-order valence-corrected chi connectivity index (χ0v) is 12.6. The van der Waals surface area contributed by atoms with Crippen LogP contribution in [0.1, 0.15) is 10.4 Å². The Morgan fingerprint density at radius 1 is 1.17 bits per heavy atom. The Balaban J connectivity index is 1.88. The average molecular weight is 331 g/mol. The first-order valence-corrected chi connectivity index (χ1v) is 7.09. The number of amides is 1. The lowest BCUT2D eigenvalue weighted by Gasteiger charge is -2.07. The third-order valence-electron chi connectivity index (χ3n) is 3.23. The van der Waals surface area contributed by atoms with E-state index in [4.69, 9.17) is 17.3 Å². The summed E-state index contributed by atoms with van der Waals surface area (Å²) in [6.07, 6.45) is 1.30. The fourth-order valence-corrected chi connectivity index (χ4v) is 2.21. The van der Waals surface area contributed by atoms with Gasteiger partial charge in [-0.15, -0.1) is 0 Å². The van der Waals surface area contributed by atoms with Crippen molar-refractivity contribution in [2.75, 3.05) is 11.1 Å². The summed E-state index contributed by atoms with van der Waals surface area (Å²) in [6.45, 7) is 0. The Bertz CT molecular complexity index is 861. The number of hydrogen-bond donors (Lipinski definition) is 2. The van der Waals surface area contributed by atoms with Gasteiger partial charge in [-0.05, 0) is 36.4 Å². The van der Waals surface area contributed by atoms with Gasteiger partial charge in [0, 0.05) is 10.7 Å². The van der Waals surface area contributed by atoms with E-state index in [0.29, 0.717) is 10.7 Å². The number of nitrogens with one attached hydrogen (secondary N) is 1. The van der Waals surface area contributed by atoms with Gasteiger partial charge in [-0.3, -0.25) is 4.79 Å². The number of nitrogens with zero attached hydrogens (tertiary/aromatic N) is 2. The highest BCUT2D eigenvalue weighted by Gasteiger charge is 2.17. The zero-order valence-electron chi connectivity index (χ0n) is 11.8. The predicted octanol–water partition coefficient (Wildman–Crippen LogP) is 3.50. The van der Waals surface area contributed by atoms with Crippen LogP contribution >= 0.6 is 11.6 Å². The van der Waals surface area contributed by atoms with Crippen molar-refractivity contribution in [1.29, 1.82) is 0 Å². The van der Waals surface area contributed by atoms with Crippen molar-refractivity contribution in [3.05, 3.63) is 71.1 Å². The van der Waals surface area contributed by atoms with Crippen LogP contribution in [0.2, 0.25) is 5.02 Å². The Morgan fingerprint density at radius 2 is 1.87 bits per heavy atom. The molecule has 3 aromatic rings. The number of carbonyl (C=O) groups is 1. The SMILES string of the molecule is Nc1c(C(=O)Nc2ccc(Cl)cc2)cnn1-c1ccccc1F. The van der Waals surface area contributed by atoms with E-state index in [9.17, 15) is 9.18 Å². The van der Waals surface area contributed by atoms with E-state index in [1.165, 1.54) is 23.0 Å². The fourth-order valence-electron chi connectivity index (χ4n) is 2.08. The second-order valence-electron chi connectivity index (χ2n) is 4.77. The standard InChI is InChI=1S/C16H12ClFN4O/c17-10-5-7-11(8-6-10)21-16(23)12-9-20-22(15(12)19)14-4-2-1-3-13(14)18/h1-9H,19H2,(H,21,23). The number of para-hydroxylation sites is 1. The molecule has 0 saturated carbocycles. The van der Waals surface area contributed by atoms with Crippen molar-refractivity contribution in [2.24, 2.45) is 0 Å². The molecule has 1 heterocycles. The lowest BCUT2D eigenvalue weighted by Crippen LogP contribution is -2.14. The topological polar surface area (TPSA) is 72.9 Å². The Morgan fingerprint density at radius 3 is 2.57 bits per heavy atom. The third kappa shape index (κ3) is 3.02. The molecule has 0 aliphatic rings. The first-order chi connectivity index (χ1) is 11.1. The van der Waals surface area contributed by atoms with E-state index in [2.05, 4.69) is 10.4 Å². The molecule has 0 fully saturated rings. The quantitative estimate of drug-likeness (QED) is 0.772. The normalized spacial score (nSPS) is 10.5. The summed E-state index contributed by atoms with van der Waals surface area (Å²) < 4.78 is 15.0. The molecule has 116 valence electrons. The van der Waals surface area contributed by atoms with Crippen molar-refractivity contribution in [1.82, 2.24) is 9.78 Å². The first-order valence-electron chi connectivity index (χ1n) is 6.71. The maximum Gasteiger partial charge on any atom is 0.261 e. The molecule has 5 nitrogen and oxygen atoms in total. The van der Waals surface area contributed by atoms with Gasteiger partial charge >= 0.3 is 0 Å². The number of benzene rings is 2. The van der Waals surface area contributed by atoms with Gasteiger partial charge in [0.25, 0.3) is 5.91 Å². The highest BCUT2D eigenvalue weighted by Crippen LogP contribution is 2.21. The van der Waals surface area contributed by atoms with Gasteiger partial charge in [0.15, 0.2) is 0 Å². The minimum atomic E-state index is -0.480. The lowest BCUT2D eigenvalue weighted by atomic mass is 10.2. The van der Waals surface area contributed by atoms with Crippen LogP contribution in [0.25, 0.3) is 5.69 Å². The van der Waals surface area contributed by atoms with Crippen molar-refractivity contribution >= 4 is 29.0 Å². The summed E-state index contributed by atoms with van der Waals surface area (Å²) in [5, 5.41) is 7.24. The molecule has 7 heteroatoms. The smallest absolute Gasteiger partial charge is 0.261 e. The molecule has 3 rings (SSSR count). The Kier molecular flexibility index (Phi) is 3.99. The summed E-state index contributed by atoms with van der Waals surface area (Å²) >= 11 is 5.79. The van der Waals surface area contributed by atoms with Gasteiger partial charge in [-0.1, -0.05) is 23.7 Å². The molecule has 23 heavy (non-hydrogen) atoms. The van der Waals surface area contributed by atoms with Crippen molar-refractivity contribution in [2.45, 2.75) is 0 Å². The summed E-state index contributed by atoms with van der Waals surface area (Å²) in [5.74, 6) is -0.860. The highest BCUT2D eigenvalue weighted by molar-refractivity contribution is 6.30. The van der Waals surface area contributed by atoms with E-state index in [1.54, 1.807) is 36.4 Å². The van der Waals surface area contributed by atoms with E-state index in [0.717, 1.165) is 0 Å². The Labute approximate surface area is 136 Å². The van der Waals surface area contributed by atoms with Crippen molar-refractivity contribution in [3.8, 4) is 5.69 Å². The second kappa shape index (κ2) is 6.10. The maximum atomic E-state index is 13.8. The van der Waals surface area contributed by atoms with Gasteiger partial charge in [-0.25, -0.2) is 9.07 Å². The van der Waals surface area contributed by atoms with Crippen LogP contribution in [-0.2, 0) is 0 Å². The maximum absolute atomic E-state index is 13.8. The molecule has 0 aliphatic heterocycles. The summed E-state index contributed by atoms with van der Waals surface area (Å²) in [4.78, 5) is 12.3. The number of aromatic nitrogens is 2. The zero-order chi connectivity index (χ0) is 16.4. The minimum absolute atomic E-state index is 0.0570. The van der Waals surface area contributed by atoms with Crippen molar-refractivity contribution < 1.29 is 9.18 Å². The molecule has 2 aromatic carbocycles. The molecule has 3 N–H and O–H groups in total. The summed E-state index contributed by atoms with van der Waals surface area (Å²) in [7, 11) is 0. The lowest BCUT2D eigenvalue weighted by molar-refractivity contribution is 0.102. The number of carbonyl (C=O) groups excluding carboxylic acids is 1. The van der Waals surface area contributed by atoms with Crippen LogP contribution in [0.15, 0.2) is 54.7 Å². The van der Waals surface area contributed by atoms with Gasteiger partial charge in [0.05, 0.1) is 6.20 Å². The number of nitrogen functional groups attached to an aromatic ring is 1. The van der Waals surface area contributed by atoms with Crippen LogP contribution in [0.4, 0.5) is 15.9 Å². The molecule has 0 spiro atoms. The molecule has 1 amide bonds. The van der Waals surface area contributed by atoms with Crippen LogP contribution in [0, 0.1) is 5.82 Å². The van der Waals surface area contributed by atoms with Gasteiger partial charge in [0.2, 0.25) is 0 Å². The number of nitrogens with two attached hydrogens (primary N) is 1. The summed E-state index contributed by atoms with van der Waals surface area (Å²) in [6, 6.07) is 12.7.